The second-order valence-corrected chi connectivity index (χ2v) is 4.15. The fourth-order valence-corrected chi connectivity index (χ4v) is 1.99. The molecule has 2 nitrogen and oxygen atoms in total. The average molecular weight is 194 g/mol. The number of nitrogens with zero attached hydrogens (tertiary/aromatic N) is 1. The molecule has 1 aromatic rings. The predicted molar refractivity (Wildman–Crippen MR) is 55.6 cm³/mol. The van der Waals surface area contributed by atoms with Crippen molar-refractivity contribution in [2.24, 2.45) is 0 Å². The number of nitriles is 1. The molecule has 3 heteroatoms. The molecule has 0 fully saturated rings. The Bertz CT molecular complexity index is 274. The first-order valence-corrected chi connectivity index (χ1v) is 5.28. The lowest BCUT2D eigenvalue weighted by molar-refractivity contribution is 0.490. The molecule has 13 heavy (non-hydrogen) atoms. The SMILES string of the molecule is CC(CC#N)NC(C)c1cccs1. The summed E-state index contributed by atoms with van der Waals surface area (Å²) in [5.74, 6) is 0. The molecule has 0 aliphatic carbocycles. The maximum absolute atomic E-state index is 8.49. The van der Waals surface area contributed by atoms with Gasteiger partial charge in [0, 0.05) is 17.0 Å². The minimum atomic E-state index is 0.266. The van der Waals surface area contributed by atoms with E-state index in [9.17, 15) is 0 Å². The van der Waals surface area contributed by atoms with Gasteiger partial charge in [0.05, 0.1) is 12.5 Å². The molecule has 0 saturated carbocycles. The van der Waals surface area contributed by atoms with E-state index in [1.165, 1.54) is 4.88 Å². The van der Waals surface area contributed by atoms with Gasteiger partial charge in [-0.15, -0.1) is 11.3 Å². The zero-order chi connectivity index (χ0) is 9.68. The van der Waals surface area contributed by atoms with Crippen LogP contribution < -0.4 is 5.32 Å². The maximum Gasteiger partial charge on any atom is 0.0638 e. The molecule has 1 rings (SSSR count). The molecular formula is C10H14N2S. The summed E-state index contributed by atoms with van der Waals surface area (Å²) in [5, 5.41) is 13.9. The molecule has 0 bridgehead atoms. The van der Waals surface area contributed by atoms with Gasteiger partial charge in [0.2, 0.25) is 0 Å². The molecule has 1 heterocycles. The first-order valence-electron chi connectivity index (χ1n) is 4.40. The molecule has 0 aliphatic heterocycles. The molecule has 70 valence electrons. The van der Waals surface area contributed by atoms with Crippen LogP contribution in [0, 0.1) is 11.3 Å². The Morgan fingerprint density at radius 2 is 2.38 bits per heavy atom. The van der Waals surface area contributed by atoms with Crippen LogP contribution in [0.25, 0.3) is 0 Å². The smallest absolute Gasteiger partial charge is 0.0638 e. The van der Waals surface area contributed by atoms with Crippen molar-refractivity contribution in [3.8, 4) is 6.07 Å². The molecule has 1 aromatic heterocycles. The van der Waals surface area contributed by atoms with Gasteiger partial charge < -0.3 is 5.32 Å². The van der Waals surface area contributed by atoms with E-state index in [-0.39, 0.29) is 6.04 Å². The van der Waals surface area contributed by atoms with Gasteiger partial charge in [-0.25, -0.2) is 0 Å². The van der Waals surface area contributed by atoms with Crippen molar-refractivity contribution in [1.29, 1.82) is 5.26 Å². The van der Waals surface area contributed by atoms with E-state index in [0.29, 0.717) is 12.5 Å². The van der Waals surface area contributed by atoms with Crippen molar-refractivity contribution in [2.45, 2.75) is 32.4 Å². The lowest BCUT2D eigenvalue weighted by Gasteiger charge is -2.16. The van der Waals surface area contributed by atoms with E-state index in [2.05, 4.69) is 29.8 Å². The Hall–Kier alpha value is -0.850. The molecule has 2 atom stereocenters. The zero-order valence-electron chi connectivity index (χ0n) is 7.95. The lowest BCUT2D eigenvalue weighted by Crippen LogP contribution is -2.27. The Labute approximate surface area is 83.2 Å². The van der Waals surface area contributed by atoms with Crippen molar-refractivity contribution in [3.05, 3.63) is 22.4 Å². The number of thiophene rings is 1. The molecule has 1 N–H and O–H groups in total. The fourth-order valence-electron chi connectivity index (χ4n) is 1.24. The Morgan fingerprint density at radius 1 is 1.62 bits per heavy atom. The van der Waals surface area contributed by atoms with Gasteiger partial charge in [-0.3, -0.25) is 0 Å². The summed E-state index contributed by atoms with van der Waals surface area (Å²) in [6.45, 7) is 4.16. The molecule has 2 unspecified atom stereocenters. The molecule has 0 radical (unpaired) electrons. The monoisotopic (exact) mass is 194 g/mol. The van der Waals surface area contributed by atoms with Crippen molar-refractivity contribution >= 4 is 11.3 Å². The number of hydrogen-bond donors (Lipinski definition) is 1. The highest BCUT2D eigenvalue weighted by Crippen LogP contribution is 2.18. The second kappa shape index (κ2) is 5.00. The highest BCUT2D eigenvalue weighted by Gasteiger charge is 2.09. The van der Waals surface area contributed by atoms with E-state index >= 15 is 0 Å². The summed E-state index contributed by atoms with van der Waals surface area (Å²) < 4.78 is 0. The third-order valence-corrected chi connectivity index (χ3v) is 2.96. The average Bonchev–Trinajstić information content (AvgIpc) is 2.55. The Balaban J connectivity index is 2.42. The highest BCUT2D eigenvalue weighted by molar-refractivity contribution is 7.10. The van der Waals surface area contributed by atoms with Gasteiger partial charge in [0.15, 0.2) is 0 Å². The van der Waals surface area contributed by atoms with Gasteiger partial charge >= 0.3 is 0 Å². The van der Waals surface area contributed by atoms with Gasteiger partial charge in [0.1, 0.15) is 0 Å². The first-order chi connectivity index (χ1) is 6.24. The number of rotatable bonds is 4. The van der Waals surface area contributed by atoms with E-state index < -0.39 is 0 Å². The van der Waals surface area contributed by atoms with Crippen LogP contribution in [0.15, 0.2) is 17.5 Å². The van der Waals surface area contributed by atoms with Crippen molar-refractivity contribution in [3.63, 3.8) is 0 Å². The Morgan fingerprint density at radius 3 is 2.92 bits per heavy atom. The largest absolute Gasteiger partial charge is 0.306 e. The lowest BCUT2D eigenvalue weighted by atomic mass is 10.2. The standard InChI is InChI=1S/C10H14N2S/c1-8(5-6-11)12-9(2)10-4-3-7-13-10/h3-4,7-9,12H,5H2,1-2H3. The molecular weight excluding hydrogens is 180 g/mol. The first kappa shape index (κ1) is 10.2. The topological polar surface area (TPSA) is 35.8 Å². The predicted octanol–water partition coefficient (Wildman–Crippen LogP) is 2.70. The van der Waals surface area contributed by atoms with Crippen LogP contribution in [-0.4, -0.2) is 6.04 Å². The zero-order valence-corrected chi connectivity index (χ0v) is 8.77. The summed E-state index contributed by atoms with van der Waals surface area (Å²) in [7, 11) is 0. The number of nitrogens with one attached hydrogen (secondary N) is 1. The van der Waals surface area contributed by atoms with Gasteiger partial charge in [0.25, 0.3) is 0 Å². The Kier molecular flexibility index (Phi) is 3.94. The highest BCUT2D eigenvalue weighted by atomic mass is 32.1. The van der Waals surface area contributed by atoms with E-state index in [0.717, 1.165) is 0 Å². The molecule has 0 amide bonds. The summed E-state index contributed by atoms with van der Waals surface area (Å²) in [6.07, 6.45) is 0.565. The van der Waals surface area contributed by atoms with Crippen LogP contribution in [0.3, 0.4) is 0 Å². The van der Waals surface area contributed by atoms with Crippen molar-refractivity contribution in [1.82, 2.24) is 5.32 Å². The van der Waals surface area contributed by atoms with Crippen LogP contribution in [-0.2, 0) is 0 Å². The van der Waals surface area contributed by atoms with Crippen LogP contribution in [0.4, 0.5) is 0 Å². The van der Waals surface area contributed by atoms with Crippen LogP contribution >= 0.6 is 11.3 Å². The summed E-state index contributed by atoms with van der Waals surface area (Å²) in [5.41, 5.74) is 0. The number of hydrogen-bond acceptors (Lipinski definition) is 3. The third-order valence-electron chi connectivity index (χ3n) is 1.90. The van der Waals surface area contributed by atoms with Gasteiger partial charge in [-0.05, 0) is 25.3 Å². The minimum Gasteiger partial charge on any atom is -0.306 e. The normalized spacial score (nSPS) is 14.8. The third kappa shape index (κ3) is 3.17. The van der Waals surface area contributed by atoms with Crippen molar-refractivity contribution < 1.29 is 0 Å². The molecule has 0 spiro atoms. The summed E-state index contributed by atoms with van der Waals surface area (Å²) >= 11 is 1.75. The van der Waals surface area contributed by atoms with Crippen LogP contribution in [0.5, 0.6) is 0 Å². The quantitative estimate of drug-likeness (QED) is 0.800. The van der Waals surface area contributed by atoms with Gasteiger partial charge in [-0.1, -0.05) is 6.07 Å². The van der Waals surface area contributed by atoms with Crippen molar-refractivity contribution in [2.75, 3.05) is 0 Å². The fraction of sp³-hybridized carbons (Fsp3) is 0.500. The van der Waals surface area contributed by atoms with Gasteiger partial charge in [-0.2, -0.15) is 5.26 Å². The summed E-state index contributed by atoms with van der Waals surface area (Å²) in [6, 6.07) is 6.94. The summed E-state index contributed by atoms with van der Waals surface area (Å²) in [4.78, 5) is 1.32. The second-order valence-electron chi connectivity index (χ2n) is 3.17. The molecule has 0 saturated heterocycles. The minimum absolute atomic E-state index is 0.266. The molecule has 0 aromatic carbocycles. The van der Waals surface area contributed by atoms with Crippen LogP contribution in [0.1, 0.15) is 31.2 Å². The van der Waals surface area contributed by atoms with E-state index in [1.54, 1.807) is 11.3 Å². The van der Waals surface area contributed by atoms with E-state index in [1.807, 2.05) is 13.0 Å². The molecule has 0 aliphatic rings. The van der Waals surface area contributed by atoms with Crippen LogP contribution in [0.2, 0.25) is 0 Å². The maximum atomic E-state index is 8.49. The van der Waals surface area contributed by atoms with E-state index in [4.69, 9.17) is 5.26 Å².